The van der Waals surface area contributed by atoms with Gasteiger partial charge in [0.1, 0.15) is 0 Å². The number of aliphatic hydroxyl groups excluding tert-OH is 1. The van der Waals surface area contributed by atoms with Crippen LogP contribution in [0.3, 0.4) is 0 Å². The largest absolute Gasteiger partial charge is 0.393 e. The Morgan fingerprint density at radius 1 is 1.22 bits per heavy atom. The zero-order valence-electron chi connectivity index (χ0n) is 15.0. The highest BCUT2D eigenvalue weighted by molar-refractivity contribution is 7.18. The smallest absolute Gasteiger partial charge is 0.220 e. The van der Waals surface area contributed by atoms with Gasteiger partial charge in [0.2, 0.25) is 5.91 Å². The van der Waals surface area contributed by atoms with Crippen molar-refractivity contribution in [3.05, 3.63) is 59.4 Å². The van der Waals surface area contributed by atoms with E-state index in [1.54, 1.807) is 17.5 Å². The number of fused-ring (bicyclic) bond motifs is 1. The molecule has 1 aliphatic rings. The number of aromatic nitrogens is 2. The normalized spacial score (nSPS) is 20.2. The topological polar surface area (TPSA) is 75.1 Å². The molecular weight excluding hydrogens is 358 g/mol. The summed E-state index contributed by atoms with van der Waals surface area (Å²) in [6, 6.07) is 13.9. The lowest BCUT2D eigenvalue weighted by Crippen LogP contribution is -2.48. The van der Waals surface area contributed by atoms with Gasteiger partial charge in [-0.1, -0.05) is 18.2 Å². The van der Waals surface area contributed by atoms with Crippen LogP contribution in [-0.2, 0) is 17.6 Å². The lowest BCUT2D eigenvalue weighted by Gasteiger charge is -2.38. The third kappa shape index (κ3) is 4.51. The van der Waals surface area contributed by atoms with Crippen molar-refractivity contribution in [2.75, 3.05) is 0 Å². The molecular formula is C21H23N3O2S. The second kappa shape index (κ2) is 8.15. The highest BCUT2D eigenvalue weighted by atomic mass is 32.1. The molecule has 0 spiro atoms. The molecule has 3 aromatic rings. The number of amides is 1. The molecule has 1 amide bonds. The molecule has 4 rings (SSSR count). The molecule has 6 heteroatoms. The van der Waals surface area contributed by atoms with Gasteiger partial charge in [0, 0.05) is 37.2 Å². The molecule has 0 aliphatic heterocycles. The van der Waals surface area contributed by atoms with Gasteiger partial charge in [-0.05, 0) is 43.0 Å². The van der Waals surface area contributed by atoms with E-state index in [4.69, 9.17) is 0 Å². The maximum Gasteiger partial charge on any atom is 0.220 e. The van der Waals surface area contributed by atoms with Crippen LogP contribution in [0.15, 0.2) is 48.7 Å². The van der Waals surface area contributed by atoms with Crippen LogP contribution in [0.2, 0.25) is 0 Å². The van der Waals surface area contributed by atoms with E-state index in [1.807, 2.05) is 36.4 Å². The summed E-state index contributed by atoms with van der Waals surface area (Å²) in [5, 5.41) is 13.8. The standard InChI is InChI=1S/C21H23N3O2S/c25-16-11-14(12-16)18(13-15-5-3-4-10-22-15)23-20(26)8-9-21-24-17-6-1-2-7-19(17)27-21/h1-7,10,14,16,18,25H,8-9,11-13H2,(H,23,26)/t14?,16?,18-/m0/s1. The van der Waals surface area contributed by atoms with Crippen LogP contribution < -0.4 is 5.32 Å². The number of aryl methyl sites for hydroxylation is 1. The Bertz CT molecular complexity index is 873. The van der Waals surface area contributed by atoms with Gasteiger partial charge >= 0.3 is 0 Å². The van der Waals surface area contributed by atoms with Crippen molar-refractivity contribution >= 4 is 27.5 Å². The number of para-hydroxylation sites is 1. The van der Waals surface area contributed by atoms with E-state index in [-0.39, 0.29) is 18.1 Å². The van der Waals surface area contributed by atoms with E-state index in [1.165, 1.54) is 0 Å². The van der Waals surface area contributed by atoms with E-state index in [9.17, 15) is 9.90 Å². The molecule has 2 aromatic heterocycles. The molecule has 1 atom stereocenters. The Kier molecular flexibility index (Phi) is 5.45. The summed E-state index contributed by atoms with van der Waals surface area (Å²) in [5.74, 6) is 0.352. The van der Waals surface area contributed by atoms with E-state index < -0.39 is 0 Å². The zero-order chi connectivity index (χ0) is 18.6. The molecule has 2 heterocycles. The van der Waals surface area contributed by atoms with Crippen molar-refractivity contribution in [2.45, 2.75) is 44.2 Å². The molecule has 0 bridgehead atoms. The van der Waals surface area contributed by atoms with Gasteiger partial charge in [-0.25, -0.2) is 4.98 Å². The van der Waals surface area contributed by atoms with Gasteiger partial charge in [-0.2, -0.15) is 0 Å². The SMILES string of the molecule is O=C(CCc1nc2ccccc2s1)N[C@@H](Cc1ccccn1)C1CC(O)C1. The highest BCUT2D eigenvalue weighted by Crippen LogP contribution is 2.31. The Balaban J connectivity index is 1.36. The van der Waals surface area contributed by atoms with E-state index >= 15 is 0 Å². The third-order valence-corrected chi connectivity index (χ3v) is 6.22. The van der Waals surface area contributed by atoms with Crippen molar-refractivity contribution in [1.82, 2.24) is 15.3 Å². The minimum absolute atomic E-state index is 0.0196. The molecule has 0 radical (unpaired) electrons. The summed E-state index contributed by atoms with van der Waals surface area (Å²) in [4.78, 5) is 21.5. The van der Waals surface area contributed by atoms with Gasteiger partial charge in [0.25, 0.3) is 0 Å². The fraction of sp³-hybridized carbons (Fsp3) is 0.381. The Morgan fingerprint density at radius 2 is 2.04 bits per heavy atom. The lowest BCUT2D eigenvalue weighted by atomic mass is 9.76. The Morgan fingerprint density at radius 3 is 2.78 bits per heavy atom. The number of carbonyl (C=O) groups is 1. The second-order valence-corrected chi connectivity index (χ2v) is 8.28. The predicted molar refractivity (Wildman–Crippen MR) is 107 cm³/mol. The molecule has 2 N–H and O–H groups in total. The number of aliphatic hydroxyl groups is 1. The molecule has 0 unspecified atom stereocenters. The van der Waals surface area contributed by atoms with Crippen LogP contribution in [0.1, 0.15) is 30.0 Å². The summed E-state index contributed by atoms with van der Waals surface area (Å²) < 4.78 is 1.16. The van der Waals surface area contributed by atoms with E-state index in [0.29, 0.717) is 25.2 Å². The first-order valence-electron chi connectivity index (χ1n) is 9.39. The van der Waals surface area contributed by atoms with Crippen LogP contribution in [-0.4, -0.2) is 33.1 Å². The van der Waals surface area contributed by atoms with Crippen molar-refractivity contribution in [3.8, 4) is 0 Å². The highest BCUT2D eigenvalue weighted by Gasteiger charge is 2.34. The third-order valence-electron chi connectivity index (χ3n) is 5.12. The van der Waals surface area contributed by atoms with E-state index in [2.05, 4.69) is 21.4 Å². The van der Waals surface area contributed by atoms with Crippen LogP contribution in [0.5, 0.6) is 0 Å². The fourth-order valence-electron chi connectivity index (χ4n) is 3.56. The van der Waals surface area contributed by atoms with Gasteiger partial charge in [0.05, 0.1) is 21.3 Å². The van der Waals surface area contributed by atoms with Crippen molar-refractivity contribution in [2.24, 2.45) is 5.92 Å². The number of thiazole rings is 1. The quantitative estimate of drug-likeness (QED) is 0.659. The van der Waals surface area contributed by atoms with Gasteiger partial charge in [-0.3, -0.25) is 9.78 Å². The van der Waals surface area contributed by atoms with E-state index in [0.717, 1.165) is 33.8 Å². The van der Waals surface area contributed by atoms with Crippen LogP contribution in [0, 0.1) is 5.92 Å². The van der Waals surface area contributed by atoms with Crippen LogP contribution >= 0.6 is 11.3 Å². The minimum Gasteiger partial charge on any atom is -0.393 e. The predicted octanol–water partition coefficient (Wildman–Crippen LogP) is 3.12. The van der Waals surface area contributed by atoms with Crippen molar-refractivity contribution in [3.63, 3.8) is 0 Å². The number of nitrogens with one attached hydrogen (secondary N) is 1. The van der Waals surface area contributed by atoms with Crippen LogP contribution in [0.4, 0.5) is 0 Å². The first-order chi connectivity index (χ1) is 13.2. The molecule has 140 valence electrons. The molecule has 1 fully saturated rings. The summed E-state index contributed by atoms with van der Waals surface area (Å²) in [6.45, 7) is 0. The monoisotopic (exact) mass is 381 g/mol. The van der Waals surface area contributed by atoms with Crippen molar-refractivity contribution < 1.29 is 9.90 Å². The first-order valence-corrected chi connectivity index (χ1v) is 10.2. The molecule has 5 nitrogen and oxygen atoms in total. The summed E-state index contributed by atoms with van der Waals surface area (Å²) >= 11 is 1.65. The number of hydrogen-bond acceptors (Lipinski definition) is 5. The number of rotatable bonds is 7. The number of benzene rings is 1. The molecule has 27 heavy (non-hydrogen) atoms. The summed E-state index contributed by atoms with van der Waals surface area (Å²) in [5.41, 5.74) is 1.96. The maximum atomic E-state index is 12.5. The number of nitrogens with zero attached hydrogens (tertiary/aromatic N) is 2. The van der Waals surface area contributed by atoms with Gasteiger partial charge < -0.3 is 10.4 Å². The summed E-state index contributed by atoms with van der Waals surface area (Å²) in [6.07, 6.45) is 4.80. The first kappa shape index (κ1) is 18.1. The maximum absolute atomic E-state index is 12.5. The minimum atomic E-state index is -0.235. The van der Waals surface area contributed by atoms with Gasteiger partial charge in [0.15, 0.2) is 0 Å². The van der Waals surface area contributed by atoms with Crippen molar-refractivity contribution in [1.29, 1.82) is 0 Å². The number of carbonyl (C=O) groups excluding carboxylic acids is 1. The molecule has 1 aromatic carbocycles. The van der Waals surface area contributed by atoms with Crippen LogP contribution in [0.25, 0.3) is 10.2 Å². The Labute approximate surface area is 162 Å². The molecule has 0 saturated heterocycles. The number of pyridine rings is 1. The second-order valence-electron chi connectivity index (χ2n) is 7.16. The van der Waals surface area contributed by atoms with Gasteiger partial charge in [-0.15, -0.1) is 11.3 Å². The average Bonchev–Trinajstić information content (AvgIpc) is 3.07. The number of hydrogen-bond donors (Lipinski definition) is 2. The fourth-order valence-corrected chi connectivity index (χ4v) is 4.53. The molecule has 1 aliphatic carbocycles. The Hall–Kier alpha value is -2.31. The lowest BCUT2D eigenvalue weighted by molar-refractivity contribution is -0.122. The average molecular weight is 382 g/mol. The summed E-state index contributed by atoms with van der Waals surface area (Å²) in [7, 11) is 0. The zero-order valence-corrected chi connectivity index (χ0v) is 15.9. The molecule has 1 saturated carbocycles.